The lowest BCUT2D eigenvalue weighted by Gasteiger charge is -2.11. The van der Waals surface area contributed by atoms with Gasteiger partial charge in [0.05, 0.1) is 19.1 Å². The Bertz CT molecular complexity index is 661. The van der Waals surface area contributed by atoms with Gasteiger partial charge < -0.3 is 19.6 Å². The molecule has 5 heteroatoms. The maximum Gasteiger partial charge on any atom is 0.224 e. The molecule has 0 saturated carbocycles. The van der Waals surface area contributed by atoms with Crippen LogP contribution in [0.1, 0.15) is 42.1 Å². The molecule has 0 saturated heterocycles. The van der Waals surface area contributed by atoms with Gasteiger partial charge in [-0.1, -0.05) is 12.1 Å². The van der Waals surface area contributed by atoms with E-state index in [2.05, 4.69) is 5.32 Å². The topological polar surface area (TPSA) is 71.7 Å². The highest BCUT2D eigenvalue weighted by Gasteiger charge is 2.14. The van der Waals surface area contributed by atoms with Crippen LogP contribution in [0.5, 0.6) is 5.75 Å². The normalized spacial score (nSPS) is 12.0. The van der Waals surface area contributed by atoms with E-state index in [1.165, 1.54) is 0 Å². The van der Waals surface area contributed by atoms with E-state index >= 15 is 0 Å². The summed E-state index contributed by atoms with van der Waals surface area (Å²) in [6.45, 7) is 6.65. The maximum atomic E-state index is 12.0. The van der Waals surface area contributed by atoms with Gasteiger partial charge in [-0.3, -0.25) is 4.79 Å². The van der Waals surface area contributed by atoms with Crippen molar-refractivity contribution in [3.8, 4) is 5.75 Å². The number of carbonyl (C=O) groups is 1. The zero-order valence-corrected chi connectivity index (χ0v) is 14.5. The van der Waals surface area contributed by atoms with Crippen molar-refractivity contribution in [2.24, 2.45) is 0 Å². The molecule has 24 heavy (non-hydrogen) atoms. The van der Waals surface area contributed by atoms with Gasteiger partial charge in [0.1, 0.15) is 17.3 Å². The summed E-state index contributed by atoms with van der Waals surface area (Å²) < 4.78 is 10.8. The first-order chi connectivity index (χ1) is 11.5. The number of nitrogens with one attached hydrogen (secondary N) is 1. The van der Waals surface area contributed by atoms with Crippen molar-refractivity contribution in [1.29, 1.82) is 0 Å². The number of rotatable bonds is 8. The Kier molecular flexibility index (Phi) is 6.44. The van der Waals surface area contributed by atoms with Crippen LogP contribution in [0.2, 0.25) is 0 Å². The second-order valence-electron chi connectivity index (χ2n) is 5.78. The standard InChI is InChI=1S/C19H25NO4/c1-4-23-16-7-5-15(6-8-16)12-19(22)20-10-9-18(21)17-11-13(2)24-14(17)3/h5-8,11,18,21H,4,9-10,12H2,1-3H3,(H,20,22). The average Bonchev–Trinajstić information content (AvgIpc) is 2.88. The summed E-state index contributed by atoms with van der Waals surface area (Å²) in [5.74, 6) is 2.24. The highest BCUT2D eigenvalue weighted by molar-refractivity contribution is 5.78. The number of carbonyl (C=O) groups excluding carboxylic acids is 1. The summed E-state index contributed by atoms with van der Waals surface area (Å²) in [4.78, 5) is 12.0. The summed E-state index contributed by atoms with van der Waals surface area (Å²) in [6, 6.07) is 9.33. The fourth-order valence-corrected chi connectivity index (χ4v) is 2.60. The minimum absolute atomic E-state index is 0.0635. The summed E-state index contributed by atoms with van der Waals surface area (Å²) in [7, 11) is 0. The Hall–Kier alpha value is -2.27. The first-order valence-corrected chi connectivity index (χ1v) is 8.23. The molecule has 2 N–H and O–H groups in total. The molecule has 1 atom stereocenters. The number of amides is 1. The van der Waals surface area contributed by atoms with Gasteiger partial charge in [-0.2, -0.15) is 0 Å². The predicted molar refractivity (Wildman–Crippen MR) is 92.1 cm³/mol. The quantitative estimate of drug-likeness (QED) is 0.780. The van der Waals surface area contributed by atoms with Gasteiger partial charge in [0.15, 0.2) is 0 Å². The fourth-order valence-electron chi connectivity index (χ4n) is 2.60. The number of ether oxygens (including phenoxy) is 1. The molecule has 0 aliphatic carbocycles. The molecule has 1 aromatic heterocycles. The van der Waals surface area contributed by atoms with Crippen LogP contribution < -0.4 is 10.1 Å². The van der Waals surface area contributed by atoms with Gasteiger partial charge >= 0.3 is 0 Å². The van der Waals surface area contributed by atoms with Crippen molar-refractivity contribution in [1.82, 2.24) is 5.32 Å². The zero-order valence-electron chi connectivity index (χ0n) is 14.5. The Morgan fingerprint density at radius 1 is 1.29 bits per heavy atom. The largest absolute Gasteiger partial charge is 0.494 e. The van der Waals surface area contributed by atoms with Gasteiger partial charge in [-0.25, -0.2) is 0 Å². The molecule has 130 valence electrons. The van der Waals surface area contributed by atoms with Crippen LogP contribution in [0.3, 0.4) is 0 Å². The molecule has 0 fully saturated rings. The van der Waals surface area contributed by atoms with Crippen LogP contribution in [-0.2, 0) is 11.2 Å². The maximum absolute atomic E-state index is 12.0. The Labute approximate surface area is 142 Å². The van der Waals surface area contributed by atoms with Gasteiger partial charge in [0, 0.05) is 12.1 Å². The smallest absolute Gasteiger partial charge is 0.224 e. The third kappa shape index (κ3) is 5.13. The number of hydrogen-bond acceptors (Lipinski definition) is 4. The van der Waals surface area contributed by atoms with E-state index in [4.69, 9.17) is 9.15 Å². The first-order valence-electron chi connectivity index (χ1n) is 8.23. The molecule has 1 aromatic carbocycles. The monoisotopic (exact) mass is 331 g/mol. The van der Waals surface area contributed by atoms with E-state index < -0.39 is 6.10 Å². The number of aryl methyl sites for hydroxylation is 2. The second-order valence-corrected chi connectivity index (χ2v) is 5.78. The number of aliphatic hydroxyl groups is 1. The van der Waals surface area contributed by atoms with E-state index in [0.717, 1.165) is 28.4 Å². The van der Waals surface area contributed by atoms with Crippen LogP contribution in [0.15, 0.2) is 34.7 Å². The van der Waals surface area contributed by atoms with Gasteiger partial charge in [0.2, 0.25) is 5.91 Å². The molecular weight excluding hydrogens is 306 g/mol. The summed E-state index contributed by atoms with van der Waals surface area (Å²) in [6.07, 6.45) is 0.134. The molecule has 0 radical (unpaired) electrons. The fraction of sp³-hybridized carbons (Fsp3) is 0.421. The number of hydrogen-bond donors (Lipinski definition) is 2. The minimum atomic E-state index is -0.631. The van der Waals surface area contributed by atoms with E-state index in [0.29, 0.717) is 26.0 Å². The molecule has 0 spiro atoms. The summed E-state index contributed by atoms with van der Waals surface area (Å²) >= 11 is 0. The van der Waals surface area contributed by atoms with Crippen LogP contribution >= 0.6 is 0 Å². The minimum Gasteiger partial charge on any atom is -0.494 e. The lowest BCUT2D eigenvalue weighted by Crippen LogP contribution is -2.27. The molecule has 1 heterocycles. The highest BCUT2D eigenvalue weighted by Crippen LogP contribution is 2.23. The highest BCUT2D eigenvalue weighted by atomic mass is 16.5. The van der Waals surface area contributed by atoms with E-state index in [9.17, 15) is 9.90 Å². The van der Waals surface area contributed by atoms with Crippen molar-refractivity contribution in [2.45, 2.75) is 39.7 Å². The SMILES string of the molecule is CCOc1ccc(CC(=O)NCCC(O)c2cc(C)oc2C)cc1. The van der Waals surface area contributed by atoms with E-state index in [1.807, 2.05) is 51.1 Å². The second kappa shape index (κ2) is 8.55. The zero-order chi connectivity index (χ0) is 17.5. The third-order valence-electron chi connectivity index (χ3n) is 3.78. The van der Waals surface area contributed by atoms with Crippen LogP contribution in [0.4, 0.5) is 0 Å². The third-order valence-corrected chi connectivity index (χ3v) is 3.78. The number of furan rings is 1. The Balaban J connectivity index is 1.75. The van der Waals surface area contributed by atoms with Gasteiger partial charge in [-0.15, -0.1) is 0 Å². The first kappa shape index (κ1) is 18.1. The Morgan fingerprint density at radius 2 is 2.00 bits per heavy atom. The molecule has 2 rings (SSSR count). The molecule has 1 amide bonds. The molecular formula is C19H25NO4. The van der Waals surface area contributed by atoms with Crippen LogP contribution in [-0.4, -0.2) is 24.2 Å². The van der Waals surface area contributed by atoms with Crippen LogP contribution in [0.25, 0.3) is 0 Å². The number of benzene rings is 1. The molecule has 2 aromatic rings. The number of aliphatic hydroxyl groups excluding tert-OH is 1. The molecule has 0 aliphatic heterocycles. The predicted octanol–water partition coefficient (Wildman–Crippen LogP) is 3.08. The molecule has 5 nitrogen and oxygen atoms in total. The van der Waals surface area contributed by atoms with E-state index in [-0.39, 0.29) is 5.91 Å². The lowest BCUT2D eigenvalue weighted by molar-refractivity contribution is -0.120. The average molecular weight is 331 g/mol. The van der Waals surface area contributed by atoms with Crippen molar-refractivity contribution in [3.05, 3.63) is 53.0 Å². The summed E-state index contributed by atoms with van der Waals surface area (Å²) in [5.41, 5.74) is 1.71. The summed E-state index contributed by atoms with van der Waals surface area (Å²) in [5, 5.41) is 13.0. The lowest BCUT2D eigenvalue weighted by atomic mass is 10.1. The van der Waals surface area contributed by atoms with E-state index in [1.54, 1.807) is 0 Å². The van der Waals surface area contributed by atoms with Crippen molar-refractivity contribution in [3.63, 3.8) is 0 Å². The van der Waals surface area contributed by atoms with Crippen LogP contribution in [0, 0.1) is 13.8 Å². The van der Waals surface area contributed by atoms with Crippen molar-refractivity contribution >= 4 is 5.91 Å². The molecule has 0 bridgehead atoms. The molecule has 0 aliphatic rings. The van der Waals surface area contributed by atoms with Crippen molar-refractivity contribution in [2.75, 3.05) is 13.2 Å². The van der Waals surface area contributed by atoms with Gasteiger partial charge in [0.25, 0.3) is 0 Å². The molecule has 1 unspecified atom stereocenters. The Morgan fingerprint density at radius 3 is 2.58 bits per heavy atom. The van der Waals surface area contributed by atoms with Crippen molar-refractivity contribution < 1.29 is 19.1 Å². The van der Waals surface area contributed by atoms with Gasteiger partial charge in [-0.05, 0) is 51.0 Å².